The summed E-state index contributed by atoms with van der Waals surface area (Å²) in [5.74, 6) is 3.32. The molecule has 258 valence electrons. The molecule has 0 amide bonds. The van der Waals surface area contributed by atoms with Crippen LogP contribution in [0.15, 0.2) is 46.6 Å². The molecule has 3 saturated carbocycles. The van der Waals surface area contributed by atoms with Gasteiger partial charge in [-0.2, -0.15) is 0 Å². The maximum absolute atomic E-state index is 11.4. The first-order chi connectivity index (χ1) is 22.8. The second-order valence-corrected chi connectivity index (χ2v) is 14.9. The molecule has 3 aliphatic carbocycles. The third kappa shape index (κ3) is 7.73. The van der Waals surface area contributed by atoms with E-state index in [0.717, 1.165) is 73.9 Å². The Kier molecular flexibility index (Phi) is 11.2. The van der Waals surface area contributed by atoms with Crippen molar-refractivity contribution in [1.82, 2.24) is 5.32 Å². The van der Waals surface area contributed by atoms with Gasteiger partial charge < -0.3 is 35.2 Å². The van der Waals surface area contributed by atoms with Gasteiger partial charge in [-0.1, -0.05) is 38.7 Å². The lowest BCUT2D eigenvalue weighted by Gasteiger charge is -2.37. The number of phenolic OH excluding ortho intramolecular Hbond substituents is 1. The van der Waals surface area contributed by atoms with Gasteiger partial charge in [0.25, 0.3) is 0 Å². The largest absolute Gasteiger partial charge is 0.504 e. The summed E-state index contributed by atoms with van der Waals surface area (Å²) in [6, 6.07) is 5.40. The first-order valence-electron chi connectivity index (χ1n) is 18.4. The summed E-state index contributed by atoms with van der Waals surface area (Å²) in [5.41, 5.74) is 4.13. The Balaban J connectivity index is 1.11. The minimum atomic E-state index is -0.912. The number of rotatable bonds is 15. The number of aliphatic imine (C=N–C) groups is 1. The number of aryl methyl sites for hydroxylation is 1. The molecule has 1 aromatic carbocycles. The van der Waals surface area contributed by atoms with Gasteiger partial charge in [0.1, 0.15) is 30.4 Å². The zero-order valence-corrected chi connectivity index (χ0v) is 28.5. The van der Waals surface area contributed by atoms with Crippen molar-refractivity contribution in [2.75, 3.05) is 26.3 Å². The van der Waals surface area contributed by atoms with Crippen LogP contribution in [-0.4, -0.2) is 75.5 Å². The van der Waals surface area contributed by atoms with E-state index in [1.165, 1.54) is 50.9 Å². The zero-order valence-electron chi connectivity index (χ0n) is 28.5. The fourth-order valence-electron chi connectivity index (χ4n) is 9.31. The highest BCUT2D eigenvalue weighted by molar-refractivity contribution is 6.03. The minimum Gasteiger partial charge on any atom is -0.504 e. The summed E-state index contributed by atoms with van der Waals surface area (Å²) in [7, 11) is 0. The molecule has 1 aromatic rings. The molecule has 0 saturated heterocycles. The number of phenols is 1. The zero-order chi connectivity index (χ0) is 33.0. The lowest BCUT2D eigenvalue weighted by atomic mass is 9.66. The van der Waals surface area contributed by atoms with E-state index < -0.39 is 12.2 Å². The van der Waals surface area contributed by atoms with Crippen LogP contribution in [0.5, 0.6) is 11.5 Å². The molecule has 47 heavy (non-hydrogen) atoms. The average molecular weight is 650 g/mol. The van der Waals surface area contributed by atoms with Crippen LogP contribution in [0.4, 0.5) is 0 Å². The van der Waals surface area contributed by atoms with Crippen molar-refractivity contribution in [3.05, 3.63) is 59.2 Å². The molecule has 0 aromatic heterocycles. The van der Waals surface area contributed by atoms with E-state index in [2.05, 4.69) is 18.3 Å². The Hall–Kier alpha value is -2.49. The molecule has 8 heteroatoms. The number of hydrogen-bond donors (Lipinski definition) is 5. The standard InChI is InChI=1S/C39H56N2O6/c1-3-4-10-37-27(23-42)18-28(47-37)13-11-26-12-14-35(44)38(17-26)46-24-36(45)33-19-30-31(22-40-21-25(2)43)29-8-7-9-32(29)39(15-5-6-16-39)20-34(30)41-33/h12,14,17-19,25,29,31-32,36-37,40,42-43,45,47H,3-11,13,15-16,20-24H2,1-2H3/p+1. The molecular weight excluding hydrogens is 592 g/mol. The maximum Gasteiger partial charge on any atom is 0.208 e. The van der Waals surface area contributed by atoms with Crippen LogP contribution in [0.1, 0.15) is 96.5 Å². The highest BCUT2D eigenvalue weighted by atomic mass is 16.5. The number of hydrogen-bond acceptors (Lipinski definition) is 7. The van der Waals surface area contributed by atoms with Crippen LogP contribution < -0.4 is 10.1 Å². The van der Waals surface area contributed by atoms with Crippen LogP contribution in [0.25, 0.3) is 0 Å². The third-order valence-electron chi connectivity index (χ3n) is 11.6. The molecule has 6 unspecified atom stereocenters. The lowest BCUT2D eigenvalue weighted by molar-refractivity contribution is -0.0550. The van der Waals surface area contributed by atoms with Gasteiger partial charge >= 0.3 is 0 Å². The Labute approximate surface area is 281 Å². The first kappa shape index (κ1) is 34.4. The monoisotopic (exact) mass is 649 g/mol. The molecule has 2 aliphatic heterocycles. The molecule has 5 aliphatic rings. The molecule has 0 bridgehead atoms. The van der Waals surface area contributed by atoms with E-state index in [9.17, 15) is 20.4 Å². The van der Waals surface area contributed by atoms with Gasteiger partial charge in [-0.05, 0) is 86.8 Å². The van der Waals surface area contributed by atoms with Gasteiger partial charge in [0.15, 0.2) is 17.6 Å². The predicted octanol–water partition coefficient (Wildman–Crippen LogP) is 5.50. The maximum atomic E-state index is 11.4. The molecular formula is C39H57N2O6+. The molecule has 6 N–H and O–H groups in total. The van der Waals surface area contributed by atoms with Gasteiger partial charge in [0.05, 0.1) is 18.1 Å². The summed E-state index contributed by atoms with van der Waals surface area (Å²) in [6.07, 6.45) is 18.6. The van der Waals surface area contributed by atoms with Crippen molar-refractivity contribution < 1.29 is 29.9 Å². The van der Waals surface area contributed by atoms with E-state index in [0.29, 0.717) is 35.2 Å². The highest BCUT2D eigenvalue weighted by Gasteiger charge is 2.58. The van der Waals surface area contributed by atoms with Crippen molar-refractivity contribution in [2.24, 2.45) is 28.2 Å². The van der Waals surface area contributed by atoms with Gasteiger partial charge in [-0.25, -0.2) is 0 Å². The number of unbranched alkanes of at least 4 members (excludes halogenated alkanes) is 1. The Morgan fingerprint density at radius 2 is 2.02 bits per heavy atom. The van der Waals surface area contributed by atoms with Crippen molar-refractivity contribution in [2.45, 2.75) is 116 Å². The van der Waals surface area contributed by atoms with Crippen molar-refractivity contribution in [3.8, 4) is 11.5 Å². The van der Waals surface area contributed by atoms with E-state index in [1.807, 2.05) is 25.1 Å². The number of allylic oxidation sites excluding steroid dienone is 1. The van der Waals surface area contributed by atoms with E-state index >= 15 is 0 Å². The second-order valence-electron chi connectivity index (χ2n) is 14.9. The normalized spacial score (nSPS) is 27.7. The van der Waals surface area contributed by atoms with Gasteiger partial charge in [-0.3, -0.25) is 0 Å². The Morgan fingerprint density at radius 3 is 2.79 bits per heavy atom. The third-order valence-corrected chi connectivity index (χ3v) is 11.6. The molecule has 1 spiro atoms. The molecule has 6 atom stereocenters. The fourth-order valence-corrected chi connectivity index (χ4v) is 9.31. The predicted molar refractivity (Wildman–Crippen MR) is 185 cm³/mol. The number of aliphatic hydroxyl groups excluding tert-OH is 3. The summed E-state index contributed by atoms with van der Waals surface area (Å²) in [4.78, 5) is 5.11. The van der Waals surface area contributed by atoms with Crippen LogP contribution in [0.3, 0.4) is 0 Å². The number of ether oxygens (including phenoxy) is 2. The summed E-state index contributed by atoms with van der Waals surface area (Å²) >= 11 is 0. The van der Waals surface area contributed by atoms with Crippen LogP contribution >= 0.6 is 0 Å². The average Bonchev–Trinajstić information content (AvgIpc) is 3.87. The van der Waals surface area contributed by atoms with Crippen LogP contribution in [0.2, 0.25) is 0 Å². The van der Waals surface area contributed by atoms with E-state index in [4.69, 9.17) is 14.5 Å². The number of aliphatic hydroxyl groups is 5. The Bertz CT molecular complexity index is 1300. The van der Waals surface area contributed by atoms with E-state index in [-0.39, 0.29) is 25.1 Å². The van der Waals surface area contributed by atoms with Crippen molar-refractivity contribution >= 4 is 5.71 Å². The minimum absolute atomic E-state index is 0.00343. The first-order valence-corrected chi connectivity index (χ1v) is 18.4. The molecule has 8 nitrogen and oxygen atoms in total. The van der Waals surface area contributed by atoms with Gasteiger partial charge in [0, 0.05) is 32.5 Å². The number of aromatic hydroxyl groups is 1. The number of nitrogens with one attached hydrogen (secondary N) is 1. The topological polar surface area (TPSA) is 127 Å². The van der Waals surface area contributed by atoms with Crippen molar-refractivity contribution in [3.63, 3.8) is 0 Å². The lowest BCUT2D eigenvalue weighted by Crippen LogP contribution is -2.38. The molecule has 2 heterocycles. The fraction of sp³-hybridized carbons (Fsp3) is 0.667. The molecule has 6 rings (SSSR count). The smallest absolute Gasteiger partial charge is 0.208 e. The van der Waals surface area contributed by atoms with E-state index in [1.54, 1.807) is 6.07 Å². The summed E-state index contributed by atoms with van der Waals surface area (Å²) in [5, 5.41) is 45.2. The highest BCUT2D eigenvalue weighted by Crippen LogP contribution is 2.61. The van der Waals surface area contributed by atoms with Gasteiger partial charge in [-0.15, -0.1) is 16.6 Å². The Morgan fingerprint density at radius 1 is 1.19 bits per heavy atom. The number of benzene rings is 1. The SMILES string of the molecule is CCCCC1[OH+][C-](CCc2ccc(O)c(OCC(O)C3=C[C+]4C(=N3)CC3(CCCC3)C3CCCC3C4CNCC(C)O)c2)C=C1CO. The molecule has 0 radical (unpaired) electrons. The quantitative estimate of drug-likeness (QED) is 0.126. The second kappa shape index (κ2) is 15.4. The molecule has 3 fully saturated rings. The van der Waals surface area contributed by atoms with Crippen molar-refractivity contribution in [1.29, 1.82) is 0 Å². The van der Waals surface area contributed by atoms with Crippen LogP contribution in [0, 0.1) is 35.2 Å². The summed E-state index contributed by atoms with van der Waals surface area (Å²) < 4.78 is 10.9. The number of fused-ring (bicyclic) bond motifs is 3. The summed E-state index contributed by atoms with van der Waals surface area (Å²) in [6.45, 7) is 5.43. The van der Waals surface area contributed by atoms with Crippen LogP contribution in [-0.2, 0) is 6.42 Å². The number of nitrogens with zero attached hydrogens (tertiary/aromatic N) is 1. The van der Waals surface area contributed by atoms with Gasteiger partial charge in [0.2, 0.25) is 5.70 Å².